The number of pyridine rings is 1. The zero-order valence-corrected chi connectivity index (χ0v) is 9.95. The molecule has 0 spiro atoms. The molecule has 0 aliphatic rings. The third-order valence-electron chi connectivity index (χ3n) is 2.26. The molecular weight excluding hydrogens is 238 g/mol. The zero-order chi connectivity index (χ0) is 9.10. The Morgan fingerprint density at radius 3 is 2.71 bits per heavy atom. The summed E-state index contributed by atoms with van der Waals surface area (Å²) in [5, 5.41) is 1.30. The molecule has 0 aliphatic heterocycles. The molecule has 2 heteroatoms. The second-order valence-electron chi connectivity index (χ2n) is 3.24. The van der Waals surface area contributed by atoms with Crippen molar-refractivity contribution in [2.75, 3.05) is 0 Å². The van der Waals surface area contributed by atoms with Crippen LogP contribution in [0, 0.1) is 0 Å². The van der Waals surface area contributed by atoms with Crippen LogP contribution in [0.4, 0.5) is 0 Å². The molecule has 14 heavy (non-hydrogen) atoms. The van der Waals surface area contributed by atoms with E-state index in [-0.39, 0.29) is 17.0 Å². The third-order valence-corrected chi connectivity index (χ3v) is 2.26. The van der Waals surface area contributed by atoms with Gasteiger partial charge in [-0.3, -0.25) is 4.98 Å². The van der Waals surface area contributed by atoms with E-state index >= 15 is 0 Å². The summed E-state index contributed by atoms with van der Waals surface area (Å²) in [7, 11) is 0. The molecule has 1 aromatic heterocycles. The average molecular weight is 252 g/mol. The van der Waals surface area contributed by atoms with Gasteiger partial charge in [-0.25, -0.2) is 0 Å². The summed E-state index contributed by atoms with van der Waals surface area (Å²) in [6.07, 6.45) is 4.23. The summed E-state index contributed by atoms with van der Waals surface area (Å²) in [6.45, 7) is 2.20. The van der Waals surface area contributed by atoms with E-state index in [4.69, 9.17) is 0 Å². The largest absolute Gasteiger partial charge is 0.256 e. The lowest BCUT2D eigenvalue weighted by Crippen LogP contribution is -1.87. The van der Waals surface area contributed by atoms with Gasteiger partial charge in [0.25, 0.3) is 0 Å². The van der Waals surface area contributed by atoms with Gasteiger partial charge in [-0.15, -0.1) is 17.0 Å². The van der Waals surface area contributed by atoms with Gasteiger partial charge in [0.15, 0.2) is 0 Å². The highest BCUT2D eigenvalue weighted by molar-refractivity contribution is 8.93. The van der Waals surface area contributed by atoms with Crippen LogP contribution in [-0.2, 0) is 6.42 Å². The number of rotatable bonds is 2. The normalized spacial score (nSPS) is 9.79. The van der Waals surface area contributed by atoms with E-state index in [2.05, 4.69) is 36.2 Å². The highest BCUT2D eigenvalue weighted by Crippen LogP contribution is 2.17. The molecule has 0 saturated heterocycles. The van der Waals surface area contributed by atoms with E-state index < -0.39 is 0 Å². The Kier molecular flexibility index (Phi) is 4.08. The van der Waals surface area contributed by atoms with Gasteiger partial charge in [-0.2, -0.15) is 0 Å². The number of aryl methyl sites for hydroxylation is 1. The molecule has 0 radical (unpaired) electrons. The van der Waals surface area contributed by atoms with Crippen LogP contribution in [-0.4, -0.2) is 4.98 Å². The van der Waals surface area contributed by atoms with E-state index in [1.165, 1.54) is 17.4 Å². The van der Waals surface area contributed by atoms with Crippen molar-refractivity contribution in [2.24, 2.45) is 0 Å². The van der Waals surface area contributed by atoms with Gasteiger partial charge in [-0.05, 0) is 24.1 Å². The van der Waals surface area contributed by atoms with Crippen LogP contribution in [0.5, 0.6) is 0 Å². The van der Waals surface area contributed by atoms with Crippen molar-refractivity contribution < 1.29 is 0 Å². The number of nitrogens with zero attached hydrogens (tertiary/aromatic N) is 1. The number of fused-ring (bicyclic) bond motifs is 1. The summed E-state index contributed by atoms with van der Waals surface area (Å²) in [4.78, 5) is 4.32. The lowest BCUT2D eigenvalue weighted by atomic mass is 10.1. The molecule has 0 atom stereocenters. The Hall–Kier alpha value is -0.890. The van der Waals surface area contributed by atoms with Crippen LogP contribution in [0.2, 0.25) is 0 Å². The molecule has 0 amide bonds. The maximum atomic E-state index is 4.32. The minimum atomic E-state index is 0. The predicted molar refractivity (Wildman–Crippen MR) is 66.1 cm³/mol. The van der Waals surface area contributed by atoms with E-state index in [1.807, 2.05) is 12.3 Å². The van der Waals surface area contributed by atoms with Crippen molar-refractivity contribution in [3.8, 4) is 0 Å². The first-order valence-electron chi connectivity index (χ1n) is 4.74. The Balaban J connectivity index is 0.000000980. The summed E-state index contributed by atoms with van der Waals surface area (Å²) in [6, 6.07) is 10.4. The van der Waals surface area contributed by atoms with Gasteiger partial charge < -0.3 is 0 Å². The van der Waals surface area contributed by atoms with E-state index in [0.29, 0.717) is 0 Å². The van der Waals surface area contributed by atoms with E-state index in [1.54, 1.807) is 0 Å². The van der Waals surface area contributed by atoms with Crippen molar-refractivity contribution in [1.82, 2.24) is 4.98 Å². The van der Waals surface area contributed by atoms with Crippen LogP contribution in [0.25, 0.3) is 10.9 Å². The second-order valence-corrected chi connectivity index (χ2v) is 3.24. The maximum Gasteiger partial charge on any atom is 0.0704 e. The van der Waals surface area contributed by atoms with Gasteiger partial charge in [-0.1, -0.05) is 31.5 Å². The van der Waals surface area contributed by atoms with Gasteiger partial charge >= 0.3 is 0 Å². The molecule has 74 valence electrons. The number of benzene rings is 1. The molecule has 1 nitrogen and oxygen atoms in total. The molecule has 1 aromatic carbocycles. The number of halogens is 1. The molecule has 0 fully saturated rings. The van der Waals surface area contributed by atoms with Crippen LogP contribution in [0.1, 0.15) is 18.9 Å². The van der Waals surface area contributed by atoms with Crippen LogP contribution < -0.4 is 0 Å². The van der Waals surface area contributed by atoms with E-state index in [9.17, 15) is 0 Å². The Morgan fingerprint density at radius 2 is 1.93 bits per heavy atom. The van der Waals surface area contributed by atoms with Gasteiger partial charge in [0.2, 0.25) is 0 Å². The van der Waals surface area contributed by atoms with Gasteiger partial charge in [0.05, 0.1) is 5.52 Å². The third kappa shape index (κ3) is 2.13. The van der Waals surface area contributed by atoms with Gasteiger partial charge in [0.1, 0.15) is 0 Å². The van der Waals surface area contributed by atoms with E-state index in [0.717, 1.165) is 11.9 Å². The minimum absolute atomic E-state index is 0. The fourth-order valence-electron chi connectivity index (χ4n) is 1.64. The molecular formula is C12H14BrN. The summed E-state index contributed by atoms with van der Waals surface area (Å²) >= 11 is 0. The molecule has 1 heterocycles. The molecule has 0 unspecified atom stereocenters. The SMILES string of the molecule is Br.CCCc1ccnc2ccccc12. The average Bonchev–Trinajstić information content (AvgIpc) is 2.19. The fraction of sp³-hybridized carbons (Fsp3) is 0.250. The highest BCUT2D eigenvalue weighted by Gasteiger charge is 1.98. The smallest absolute Gasteiger partial charge is 0.0704 e. The minimum Gasteiger partial charge on any atom is -0.256 e. The zero-order valence-electron chi connectivity index (χ0n) is 8.23. The number of hydrogen-bond acceptors (Lipinski definition) is 1. The molecule has 0 aliphatic carbocycles. The monoisotopic (exact) mass is 251 g/mol. The summed E-state index contributed by atoms with van der Waals surface area (Å²) in [5.41, 5.74) is 2.52. The van der Waals surface area contributed by atoms with Gasteiger partial charge in [0, 0.05) is 11.6 Å². The molecule has 0 bridgehead atoms. The predicted octanol–water partition coefficient (Wildman–Crippen LogP) is 3.77. The Bertz CT molecular complexity index is 406. The lowest BCUT2D eigenvalue weighted by Gasteiger charge is -2.03. The maximum absolute atomic E-state index is 4.32. The molecule has 0 N–H and O–H groups in total. The lowest BCUT2D eigenvalue weighted by molar-refractivity contribution is 0.928. The quantitative estimate of drug-likeness (QED) is 0.792. The second kappa shape index (κ2) is 5.11. The summed E-state index contributed by atoms with van der Waals surface area (Å²) in [5.74, 6) is 0. The molecule has 2 rings (SSSR count). The number of hydrogen-bond donors (Lipinski definition) is 0. The van der Waals surface area contributed by atoms with Crippen LogP contribution in [0.3, 0.4) is 0 Å². The van der Waals surface area contributed by atoms with Crippen LogP contribution >= 0.6 is 17.0 Å². The number of aromatic nitrogens is 1. The topological polar surface area (TPSA) is 12.9 Å². The first-order valence-corrected chi connectivity index (χ1v) is 4.74. The van der Waals surface area contributed by atoms with Crippen LogP contribution in [0.15, 0.2) is 36.5 Å². The van der Waals surface area contributed by atoms with Crippen molar-refractivity contribution in [1.29, 1.82) is 0 Å². The van der Waals surface area contributed by atoms with Crippen molar-refractivity contribution in [2.45, 2.75) is 19.8 Å². The standard InChI is InChI=1S/C12H13N.BrH/c1-2-5-10-8-9-13-12-7-4-3-6-11(10)12;/h3-4,6-9H,2,5H2,1H3;1H. The fourth-order valence-corrected chi connectivity index (χ4v) is 1.64. The first-order chi connectivity index (χ1) is 6.42. The van der Waals surface area contributed by atoms with Crippen molar-refractivity contribution >= 4 is 27.9 Å². The number of para-hydroxylation sites is 1. The van der Waals surface area contributed by atoms with Crippen molar-refractivity contribution in [3.63, 3.8) is 0 Å². The Morgan fingerprint density at radius 1 is 1.14 bits per heavy atom. The first kappa shape index (κ1) is 11.2. The molecule has 0 saturated carbocycles. The molecule has 2 aromatic rings. The summed E-state index contributed by atoms with van der Waals surface area (Å²) < 4.78 is 0. The van der Waals surface area contributed by atoms with Crippen molar-refractivity contribution in [3.05, 3.63) is 42.1 Å². The Labute approximate surface area is 94.9 Å². The highest BCUT2D eigenvalue weighted by atomic mass is 79.9.